The van der Waals surface area contributed by atoms with E-state index < -0.39 is 17.5 Å². The van der Waals surface area contributed by atoms with Gasteiger partial charge in [0, 0.05) is 0 Å². The summed E-state index contributed by atoms with van der Waals surface area (Å²) in [6.45, 7) is 1.73. The summed E-state index contributed by atoms with van der Waals surface area (Å²) in [5.74, 6) is 0.156. The lowest BCUT2D eigenvalue weighted by Crippen LogP contribution is -2.40. The number of ether oxygens (including phenoxy) is 3. The van der Waals surface area contributed by atoms with Crippen molar-refractivity contribution in [2.75, 3.05) is 21.3 Å². The van der Waals surface area contributed by atoms with Gasteiger partial charge in [0.25, 0.3) is 5.91 Å². The average molecular weight is 398 g/mol. The third kappa shape index (κ3) is 3.61. The van der Waals surface area contributed by atoms with Crippen LogP contribution in [0.2, 0.25) is 0 Å². The second-order valence-corrected chi connectivity index (χ2v) is 6.70. The number of imide groups is 1. The van der Waals surface area contributed by atoms with Crippen molar-refractivity contribution in [3.8, 4) is 11.5 Å². The molecule has 1 atom stereocenters. The van der Waals surface area contributed by atoms with Crippen LogP contribution in [0.1, 0.15) is 28.4 Å². The molecule has 8 heteroatoms. The molecule has 1 aliphatic rings. The minimum atomic E-state index is -1.23. The summed E-state index contributed by atoms with van der Waals surface area (Å²) < 4.78 is 15.2. The van der Waals surface area contributed by atoms with Gasteiger partial charge in [-0.2, -0.15) is 0 Å². The first-order valence-electron chi connectivity index (χ1n) is 8.88. The van der Waals surface area contributed by atoms with Gasteiger partial charge in [-0.1, -0.05) is 18.2 Å². The Kier molecular flexibility index (Phi) is 5.45. The molecule has 0 saturated carbocycles. The van der Waals surface area contributed by atoms with Gasteiger partial charge < -0.3 is 19.5 Å². The third-order valence-corrected chi connectivity index (χ3v) is 4.95. The number of esters is 1. The number of carbonyl (C=O) groups is 3. The topological polar surface area (TPSA) is 94.2 Å². The quantitative estimate of drug-likeness (QED) is 0.593. The summed E-state index contributed by atoms with van der Waals surface area (Å²) in [6.07, 6.45) is 0. The van der Waals surface area contributed by atoms with Crippen molar-refractivity contribution < 1.29 is 28.6 Å². The average Bonchev–Trinajstić information content (AvgIpc) is 2.97. The van der Waals surface area contributed by atoms with Crippen LogP contribution in [0.4, 0.5) is 4.79 Å². The first-order chi connectivity index (χ1) is 13.8. The highest BCUT2D eigenvalue weighted by Gasteiger charge is 2.49. The molecule has 3 rings (SSSR count). The molecule has 8 nitrogen and oxygen atoms in total. The van der Waals surface area contributed by atoms with E-state index in [1.165, 1.54) is 21.3 Å². The van der Waals surface area contributed by atoms with Gasteiger partial charge in [0.1, 0.15) is 5.54 Å². The highest BCUT2D eigenvalue weighted by Crippen LogP contribution is 2.35. The largest absolute Gasteiger partial charge is 0.493 e. The summed E-state index contributed by atoms with van der Waals surface area (Å²) in [6, 6.07) is 11.1. The Morgan fingerprint density at radius 3 is 2.24 bits per heavy atom. The fourth-order valence-corrected chi connectivity index (χ4v) is 3.23. The number of methoxy groups -OCH3 is 3. The Bertz CT molecular complexity index is 956. The maximum atomic E-state index is 13.1. The first-order valence-corrected chi connectivity index (χ1v) is 8.88. The molecule has 2 aromatic carbocycles. The van der Waals surface area contributed by atoms with Crippen molar-refractivity contribution >= 4 is 17.9 Å². The van der Waals surface area contributed by atoms with E-state index in [0.717, 1.165) is 4.90 Å². The van der Waals surface area contributed by atoms with Crippen LogP contribution >= 0.6 is 0 Å². The fraction of sp³-hybridized carbons (Fsp3) is 0.286. The molecule has 2 aromatic rings. The monoisotopic (exact) mass is 398 g/mol. The molecule has 0 radical (unpaired) electrons. The van der Waals surface area contributed by atoms with Crippen LogP contribution in [-0.2, 0) is 21.6 Å². The van der Waals surface area contributed by atoms with Crippen molar-refractivity contribution in [3.63, 3.8) is 0 Å². The van der Waals surface area contributed by atoms with Gasteiger partial charge >= 0.3 is 12.0 Å². The van der Waals surface area contributed by atoms with E-state index in [4.69, 9.17) is 9.47 Å². The van der Waals surface area contributed by atoms with Crippen molar-refractivity contribution in [1.82, 2.24) is 10.2 Å². The number of amides is 3. The van der Waals surface area contributed by atoms with Crippen molar-refractivity contribution in [2.24, 2.45) is 0 Å². The standard InChI is InChI=1S/C21H22N2O6/c1-21(15-9-10-16(27-2)17(11-15)28-3)19(25)23(20(26)22-21)12-13-5-7-14(8-6-13)18(24)29-4/h5-11H,12H2,1-4H3,(H,22,26)/t21-/m0/s1. The second kappa shape index (κ2) is 7.83. The molecule has 0 aliphatic carbocycles. The molecule has 1 aliphatic heterocycles. The Morgan fingerprint density at radius 2 is 1.66 bits per heavy atom. The fourth-order valence-electron chi connectivity index (χ4n) is 3.23. The molecule has 0 bridgehead atoms. The molecule has 152 valence electrons. The minimum absolute atomic E-state index is 0.0784. The van der Waals surface area contributed by atoms with Gasteiger partial charge in [-0.25, -0.2) is 9.59 Å². The predicted octanol–water partition coefficient (Wildman–Crippen LogP) is 2.46. The van der Waals surface area contributed by atoms with Crippen molar-refractivity contribution in [2.45, 2.75) is 19.0 Å². The Labute approximate surface area is 168 Å². The van der Waals surface area contributed by atoms with Crippen LogP contribution in [0.25, 0.3) is 0 Å². The molecule has 1 heterocycles. The molecule has 0 aromatic heterocycles. The summed E-state index contributed by atoms with van der Waals surface area (Å²) >= 11 is 0. The molecule has 1 saturated heterocycles. The Balaban J connectivity index is 1.84. The zero-order valence-corrected chi connectivity index (χ0v) is 16.6. The Morgan fingerprint density at radius 1 is 1.00 bits per heavy atom. The highest BCUT2D eigenvalue weighted by atomic mass is 16.5. The minimum Gasteiger partial charge on any atom is -0.493 e. The lowest BCUT2D eigenvalue weighted by Gasteiger charge is -2.23. The maximum absolute atomic E-state index is 13.1. The van der Waals surface area contributed by atoms with Gasteiger partial charge in [0.15, 0.2) is 11.5 Å². The number of hydrogen-bond acceptors (Lipinski definition) is 6. The van der Waals surface area contributed by atoms with Gasteiger partial charge in [-0.05, 0) is 42.3 Å². The van der Waals surface area contributed by atoms with Gasteiger partial charge in [-0.15, -0.1) is 0 Å². The lowest BCUT2D eigenvalue weighted by molar-refractivity contribution is -0.131. The van der Waals surface area contributed by atoms with Crippen molar-refractivity contribution in [3.05, 3.63) is 59.2 Å². The van der Waals surface area contributed by atoms with Gasteiger partial charge in [0.2, 0.25) is 0 Å². The summed E-state index contributed by atoms with van der Waals surface area (Å²) in [7, 11) is 4.33. The van der Waals surface area contributed by atoms with E-state index >= 15 is 0 Å². The van der Waals surface area contributed by atoms with E-state index in [9.17, 15) is 14.4 Å². The zero-order valence-electron chi connectivity index (χ0n) is 16.6. The SMILES string of the molecule is COC(=O)c1ccc(CN2C(=O)N[C@@](C)(c3ccc(OC)c(OC)c3)C2=O)cc1. The molecule has 3 amide bonds. The Hall–Kier alpha value is -3.55. The van der Waals surface area contributed by atoms with Crippen LogP contribution in [0, 0.1) is 0 Å². The molecule has 1 N–H and O–H groups in total. The van der Waals surface area contributed by atoms with Crippen molar-refractivity contribution in [1.29, 1.82) is 0 Å². The van der Waals surface area contributed by atoms with E-state index in [0.29, 0.717) is 28.2 Å². The normalized spacial score (nSPS) is 18.4. The number of nitrogens with zero attached hydrogens (tertiary/aromatic N) is 1. The van der Waals surface area contributed by atoms with E-state index in [-0.39, 0.29) is 12.5 Å². The maximum Gasteiger partial charge on any atom is 0.337 e. The van der Waals surface area contributed by atoms with Crippen LogP contribution < -0.4 is 14.8 Å². The number of benzene rings is 2. The molecule has 1 fully saturated rings. The van der Waals surface area contributed by atoms with Gasteiger partial charge in [-0.3, -0.25) is 9.69 Å². The smallest absolute Gasteiger partial charge is 0.337 e. The molecule has 0 spiro atoms. The van der Waals surface area contributed by atoms with E-state index in [1.807, 2.05) is 0 Å². The first kappa shape index (κ1) is 20.2. The lowest BCUT2D eigenvalue weighted by atomic mass is 9.91. The number of hydrogen-bond donors (Lipinski definition) is 1. The number of nitrogens with one attached hydrogen (secondary N) is 1. The highest BCUT2D eigenvalue weighted by molar-refractivity contribution is 6.07. The summed E-state index contributed by atoms with van der Waals surface area (Å²) in [4.78, 5) is 38.3. The molecule has 29 heavy (non-hydrogen) atoms. The van der Waals surface area contributed by atoms with Crippen LogP contribution in [0.5, 0.6) is 11.5 Å². The number of carbonyl (C=O) groups excluding carboxylic acids is 3. The van der Waals surface area contributed by atoms with E-state index in [2.05, 4.69) is 10.1 Å². The molecular formula is C21H22N2O6. The zero-order chi connectivity index (χ0) is 21.2. The predicted molar refractivity (Wildman–Crippen MR) is 104 cm³/mol. The van der Waals surface area contributed by atoms with Crippen LogP contribution in [0.15, 0.2) is 42.5 Å². The number of rotatable bonds is 6. The van der Waals surface area contributed by atoms with Gasteiger partial charge in [0.05, 0.1) is 33.4 Å². The summed E-state index contributed by atoms with van der Waals surface area (Å²) in [5, 5.41) is 2.76. The second-order valence-electron chi connectivity index (χ2n) is 6.70. The van der Waals surface area contributed by atoms with Crippen LogP contribution in [0.3, 0.4) is 0 Å². The van der Waals surface area contributed by atoms with Crippen LogP contribution in [-0.4, -0.2) is 44.1 Å². The third-order valence-electron chi connectivity index (χ3n) is 4.95. The molecule has 0 unspecified atom stereocenters. The molecular weight excluding hydrogens is 376 g/mol. The van der Waals surface area contributed by atoms with E-state index in [1.54, 1.807) is 49.4 Å². The number of urea groups is 1. The summed E-state index contributed by atoms with van der Waals surface area (Å²) in [5.41, 5.74) is 0.446.